The predicted octanol–water partition coefficient (Wildman–Crippen LogP) is 1.99. The summed E-state index contributed by atoms with van der Waals surface area (Å²) < 4.78 is 4.66. The highest BCUT2D eigenvalue weighted by Gasteiger charge is 2.27. The van der Waals surface area contributed by atoms with Gasteiger partial charge in [-0.25, -0.2) is 0 Å². The second-order valence-electron chi connectivity index (χ2n) is 3.43. The zero-order chi connectivity index (χ0) is 9.61. The van der Waals surface area contributed by atoms with E-state index in [1.807, 2.05) is 13.8 Å². The summed E-state index contributed by atoms with van der Waals surface area (Å²) in [7, 11) is 1.41. The molecule has 0 atom stereocenters. The predicted molar refractivity (Wildman–Crippen MR) is 48.5 cm³/mol. The van der Waals surface area contributed by atoms with Gasteiger partial charge in [0.1, 0.15) is 0 Å². The lowest BCUT2D eigenvalue weighted by Gasteiger charge is -2.20. The topological polar surface area (TPSA) is 26.3 Å². The molecular formula is C10H16O2. The van der Waals surface area contributed by atoms with E-state index >= 15 is 0 Å². The molecule has 0 aliphatic rings. The van der Waals surface area contributed by atoms with E-state index in [9.17, 15) is 4.79 Å². The Hall–Kier alpha value is -0.970. The zero-order valence-electron chi connectivity index (χ0n) is 8.02. The van der Waals surface area contributed by atoms with Crippen molar-refractivity contribution < 1.29 is 9.53 Å². The summed E-state index contributed by atoms with van der Waals surface area (Å²) in [5.74, 6) is 2.38. The Morgan fingerprint density at radius 2 is 2.17 bits per heavy atom. The van der Waals surface area contributed by atoms with Gasteiger partial charge in [-0.3, -0.25) is 4.79 Å². The van der Waals surface area contributed by atoms with Crippen LogP contribution in [0.3, 0.4) is 0 Å². The van der Waals surface area contributed by atoms with Crippen molar-refractivity contribution in [3.8, 4) is 12.3 Å². The molecule has 0 aliphatic heterocycles. The van der Waals surface area contributed by atoms with Gasteiger partial charge < -0.3 is 4.74 Å². The quantitative estimate of drug-likeness (QED) is 0.364. The van der Waals surface area contributed by atoms with Gasteiger partial charge in [0.15, 0.2) is 0 Å². The summed E-state index contributed by atoms with van der Waals surface area (Å²) in [6.45, 7) is 3.74. The molecule has 0 aromatic carbocycles. The van der Waals surface area contributed by atoms with Crippen LogP contribution < -0.4 is 0 Å². The Kier molecular flexibility index (Phi) is 4.43. The molecule has 0 saturated carbocycles. The van der Waals surface area contributed by atoms with Crippen LogP contribution in [-0.2, 0) is 9.53 Å². The van der Waals surface area contributed by atoms with Gasteiger partial charge in [-0.2, -0.15) is 0 Å². The number of esters is 1. The molecule has 0 unspecified atom stereocenters. The zero-order valence-corrected chi connectivity index (χ0v) is 8.02. The molecule has 2 nitrogen and oxygen atoms in total. The SMILES string of the molecule is C#CCCCC(C)(C)C(=O)OC. The summed E-state index contributed by atoms with van der Waals surface area (Å²) in [5.41, 5.74) is -0.397. The molecule has 0 fully saturated rings. The van der Waals surface area contributed by atoms with Crippen LogP contribution in [-0.4, -0.2) is 13.1 Å². The number of hydrogen-bond acceptors (Lipinski definition) is 2. The fourth-order valence-corrected chi connectivity index (χ4v) is 1.01. The number of ether oxygens (including phenoxy) is 1. The minimum atomic E-state index is -0.397. The van der Waals surface area contributed by atoms with E-state index < -0.39 is 5.41 Å². The largest absolute Gasteiger partial charge is 0.469 e. The van der Waals surface area contributed by atoms with Crippen LogP contribution in [0.15, 0.2) is 0 Å². The Morgan fingerprint density at radius 3 is 2.58 bits per heavy atom. The van der Waals surface area contributed by atoms with E-state index in [0.29, 0.717) is 0 Å². The number of unbranched alkanes of at least 4 members (excludes halogenated alkanes) is 1. The molecule has 12 heavy (non-hydrogen) atoms. The summed E-state index contributed by atoms with van der Waals surface area (Å²) >= 11 is 0. The fourth-order valence-electron chi connectivity index (χ4n) is 1.01. The van der Waals surface area contributed by atoms with Crippen LogP contribution in [0.25, 0.3) is 0 Å². The number of rotatable bonds is 4. The molecule has 0 radical (unpaired) electrons. The van der Waals surface area contributed by atoms with Gasteiger partial charge in [-0.15, -0.1) is 12.3 Å². The Bertz CT molecular complexity index is 187. The summed E-state index contributed by atoms with van der Waals surface area (Å²) in [6, 6.07) is 0. The van der Waals surface area contributed by atoms with Crippen molar-refractivity contribution in [1.82, 2.24) is 0 Å². The molecule has 0 aromatic rings. The maximum atomic E-state index is 11.2. The lowest BCUT2D eigenvalue weighted by molar-refractivity contribution is -0.151. The van der Waals surface area contributed by atoms with E-state index in [1.54, 1.807) is 0 Å². The molecular weight excluding hydrogens is 152 g/mol. The molecule has 0 amide bonds. The van der Waals surface area contributed by atoms with Gasteiger partial charge in [0.2, 0.25) is 0 Å². The van der Waals surface area contributed by atoms with Crippen molar-refractivity contribution in [3.05, 3.63) is 0 Å². The molecule has 0 spiro atoms. The fraction of sp³-hybridized carbons (Fsp3) is 0.700. The van der Waals surface area contributed by atoms with Crippen molar-refractivity contribution in [2.75, 3.05) is 7.11 Å². The first kappa shape index (κ1) is 11.0. The van der Waals surface area contributed by atoms with E-state index in [1.165, 1.54) is 7.11 Å². The second kappa shape index (κ2) is 4.82. The van der Waals surface area contributed by atoms with E-state index in [4.69, 9.17) is 6.42 Å². The van der Waals surface area contributed by atoms with Gasteiger partial charge in [0, 0.05) is 6.42 Å². The van der Waals surface area contributed by atoms with Crippen LogP contribution in [0.4, 0.5) is 0 Å². The highest BCUT2D eigenvalue weighted by Crippen LogP contribution is 2.24. The highest BCUT2D eigenvalue weighted by molar-refractivity contribution is 5.75. The maximum Gasteiger partial charge on any atom is 0.311 e. The second-order valence-corrected chi connectivity index (χ2v) is 3.43. The van der Waals surface area contributed by atoms with Crippen LogP contribution in [0, 0.1) is 17.8 Å². The normalized spacial score (nSPS) is 10.5. The van der Waals surface area contributed by atoms with E-state index in [2.05, 4.69) is 10.7 Å². The summed E-state index contributed by atoms with van der Waals surface area (Å²) in [6.07, 6.45) is 7.48. The lowest BCUT2D eigenvalue weighted by Crippen LogP contribution is -2.25. The first-order valence-electron chi connectivity index (χ1n) is 4.06. The van der Waals surface area contributed by atoms with Gasteiger partial charge >= 0.3 is 5.97 Å². The monoisotopic (exact) mass is 168 g/mol. The van der Waals surface area contributed by atoms with Crippen molar-refractivity contribution in [2.24, 2.45) is 5.41 Å². The van der Waals surface area contributed by atoms with E-state index in [0.717, 1.165) is 19.3 Å². The van der Waals surface area contributed by atoms with Gasteiger partial charge in [-0.1, -0.05) is 0 Å². The first-order chi connectivity index (χ1) is 5.54. The minimum absolute atomic E-state index is 0.167. The van der Waals surface area contributed by atoms with Gasteiger partial charge in [0.05, 0.1) is 12.5 Å². The van der Waals surface area contributed by atoms with Gasteiger partial charge in [0.25, 0.3) is 0 Å². The maximum absolute atomic E-state index is 11.2. The van der Waals surface area contributed by atoms with E-state index in [-0.39, 0.29) is 5.97 Å². The average molecular weight is 168 g/mol. The van der Waals surface area contributed by atoms with Crippen LogP contribution >= 0.6 is 0 Å². The van der Waals surface area contributed by atoms with Crippen molar-refractivity contribution in [1.29, 1.82) is 0 Å². The molecule has 0 saturated heterocycles. The minimum Gasteiger partial charge on any atom is -0.469 e. The number of methoxy groups -OCH3 is 1. The molecule has 0 aromatic heterocycles. The van der Waals surface area contributed by atoms with Crippen LogP contribution in [0.1, 0.15) is 33.1 Å². The third-order valence-corrected chi connectivity index (χ3v) is 1.86. The third-order valence-electron chi connectivity index (χ3n) is 1.86. The standard InChI is InChI=1S/C10H16O2/c1-5-6-7-8-10(2,3)9(11)12-4/h1H,6-8H2,2-4H3. The van der Waals surface area contributed by atoms with Crippen LogP contribution in [0.5, 0.6) is 0 Å². The van der Waals surface area contributed by atoms with Crippen molar-refractivity contribution in [2.45, 2.75) is 33.1 Å². The third kappa shape index (κ3) is 3.43. The molecule has 0 rings (SSSR count). The molecule has 2 heteroatoms. The van der Waals surface area contributed by atoms with Crippen molar-refractivity contribution in [3.63, 3.8) is 0 Å². The van der Waals surface area contributed by atoms with Crippen molar-refractivity contribution >= 4 is 5.97 Å². The Morgan fingerprint density at radius 1 is 1.58 bits per heavy atom. The summed E-state index contributed by atoms with van der Waals surface area (Å²) in [4.78, 5) is 11.2. The molecule has 0 aliphatic carbocycles. The highest BCUT2D eigenvalue weighted by atomic mass is 16.5. The number of hydrogen-bond donors (Lipinski definition) is 0. The average Bonchev–Trinajstić information content (AvgIpc) is 2.03. The molecule has 0 N–H and O–H groups in total. The number of carbonyl (C=O) groups is 1. The smallest absolute Gasteiger partial charge is 0.311 e. The van der Waals surface area contributed by atoms with Crippen LogP contribution in [0.2, 0.25) is 0 Å². The first-order valence-corrected chi connectivity index (χ1v) is 4.06. The summed E-state index contributed by atoms with van der Waals surface area (Å²) in [5, 5.41) is 0. The Labute approximate surface area is 74.3 Å². The van der Waals surface area contributed by atoms with Gasteiger partial charge in [-0.05, 0) is 26.7 Å². The molecule has 0 heterocycles. The lowest BCUT2D eigenvalue weighted by atomic mass is 9.87. The molecule has 68 valence electrons. The Balaban J connectivity index is 3.88. The number of terminal acetylenes is 1. The number of carbonyl (C=O) groups excluding carboxylic acids is 1. The molecule has 0 bridgehead atoms.